The number of hydrogen-bond donors (Lipinski definition) is 1. The van der Waals surface area contributed by atoms with Crippen molar-refractivity contribution in [3.63, 3.8) is 0 Å². The van der Waals surface area contributed by atoms with Gasteiger partial charge < -0.3 is 0 Å². The van der Waals surface area contributed by atoms with Gasteiger partial charge in [0, 0.05) is 29.3 Å². The Labute approximate surface area is 163 Å². The summed E-state index contributed by atoms with van der Waals surface area (Å²) in [7, 11) is 3.87. The lowest BCUT2D eigenvalue weighted by atomic mass is 10.1. The third-order valence-electron chi connectivity index (χ3n) is 4.19. The Bertz CT molecular complexity index is 697. The number of nitrogens with one attached hydrogen (secondary N) is 1. The molecule has 2 aromatic rings. The van der Waals surface area contributed by atoms with Gasteiger partial charge in [0.2, 0.25) is 0 Å². The minimum absolute atomic E-state index is 1.22. The summed E-state index contributed by atoms with van der Waals surface area (Å²) in [6.07, 6.45) is 10.3. The van der Waals surface area contributed by atoms with Crippen molar-refractivity contribution in [1.29, 1.82) is 0 Å². The number of benzene rings is 2. The maximum Gasteiger partial charge on any atom is 0.0917 e. The average molecular weight is 391 g/mol. The molecule has 1 heterocycles. The van der Waals surface area contributed by atoms with Gasteiger partial charge in [-0.05, 0) is 28.7 Å². The van der Waals surface area contributed by atoms with Crippen LogP contribution < -0.4 is 9.84 Å². The van der Waals surface area contributed by atoms with Crippen LogP contribution in [0.15, 0.2) is 52.9 Å². The minimum Gasteiger partial charge on any atom is -0.293 e. The van der Waals surface area contributed by atoms with Crippen LogP contribution in [0.2, 0.25) is 0 Å². The SMILES string of the molecule is CCCCCCCCSSC1=CNN(c2cccc3ccccc23)S1. The van der Waals surface area contributed by atoms with E-state index in [0.717, 1.165) is 0 Å². The normalized spacial score (nSPS) is 14.0. The number of hydrazine groups is 1. The molecule has 1 N–H and O–H groups in total. The van der Waals surface area contributed by atoms with Crippen LogP contribution in [0.1, 0.15) is 45.4 Å². The Hall–Kier alpha value is -0.910. The summed E-state index contributed by atoms with van der Waals surface area (Å²) in [5.74, 6) is 1.24. The summed E-state index contributed by atoms with van der Waals surface area (Å²) < 4.78 is 3.49. The van der Waals surface area contributed by atoms with Crippen molar-refractivity contribution in [2.75, 3.05) is 10.2 Å². The summed E-state index contributed by atoms with van der Waals surface area (Å²) in [5, 5.41) is 2.56. The fourth-order valence-corrected chi connectivity index (χ4v) is 6.26. The standard InChI is InChI=1S/C20H26N2S3/c1-2-3-4-5-6-9-15-23-25-20-16-21-22(24-20)19-14-10-12-17-11-7-8-13-18(17)19/h7-8,10-14,16,21H,2-6,9,15H2,1H3. The second-order valence-electron chi connectivity index (χ2n) is 6.15. The summed E-state index contributed by atoms with van der Waals surface area (Å²) in [4.78, 5) is 0. The van der Waals surface area contributed by atoms with Gasteiger partial charge in [-0.2, -0.15) is 0 Å². The maximum absolute atomic E-state index is 3.39. The predicted octanol–water partition coefficient (Wildman–Crippen LogP) is 7.35. The van der Waals surface area contributed by atoms with Crippen LogP contribution >= 0.6 is 33.5 Å². The van der Waals surface area contributed by atoms with E-state index in [1.54, 1.807) is 11.9 Å². The van der Waals surface area contributed by atoms with Crippen molar-refractivity contribution in [3.05, 3.63) is 52.9 Å². The van der Waals surface area contributed by atoms with Crippen LogP contribution in [0, 0.1) is 0 Å². The van der Waals surface area contributed by atoms with Crippen LogP contribution in [0.25, 0.3) is 10.8 Å². The van der Waals surface area contributed by atoms with E-state index >= 15 is 0 Å². The van der Waals surface area contributed by atoms with E-state index in [-0.39, 0.29) is 0 Å². The highest BCUT2D eigenvalue weighted by molar-refractivity contribution is 8.80. The lowest BCUT2D eigenvalue weighted by molar-refractivity contribution is 0.627. The molecule has 5 heteroatoms. The quantitative estimate of drug-likeness (QED) is 0.258. The van der Waals surface area contributed by atoms with Gasteiger partial charge in [-0.25, -0.2) is 4.41 Å². The van der Waals surface area contributed by atoms with Crippen LogP contribution in [-0.4, -0.2) is 5.75 Å². The minimum atomic E-state index is 1.22. The third-order valence-corrected chi connectivity index (χ3v) is 8.01. The number of rotatable bonds is 10. The molecule has 2 nitrogen and oxygen atoms in total. The second kappa shape index (κ2) is 10.3. The molecule has 0 aromatic heterocycles. The molecule has 0 atom stereocenters. The second-order valence-corrected chi connectivity index (χ2v) is 9.85. The first-order chi connectivity index (χ1) is 12.4. The Morgan fingerprint density at radius 2 is 1.76 bits per heavy atom. The van der Waals surface area contributed by atoms with Crippen LogP contribution in [0.5, 0.6) is 0 Å². The Balaban J connectivity index is 1.41. The highest BCUT2D eigenvalue weighted by Gasteiger charge is 2.18. The summed E-state index contributed by atoms with van der Waals surface area (Å²) in [6.45, 7) is 2.27. The van der Waals surface area contributed by atoms with Crippen molar-refractivity contribution in [2.45, 2.75) is 45.4 Å². The van der Waals surface area contributed by atoms with E-state index in [2.05, 4.69) is 65.4 Å². The monoisotopic (exact) mass is 390 g/mol. The molecule has 2 aromatic carbocycles. The van der Waals surface area contributed by atoms with Crippen LogP contribution in [-0.2, 0) is 0 Å². The van der Waals surface area contributed by atoms with Gasteiger partial charge in [0.15, 0.2) is 0 Å². The molecule has 0 spiro atoms. The molecule has 0 bridgehead atoms. The molecular formula is C20H26N2S3. The van der Waals surface area contributed by atoms with Gasteiger partial charge in [-0.3, -0.25) is 5.43 Å². The number of fused-ring (bicyclic) bond motifs is 1. The zero-order valence-corrected chi connectivity index (χ0v) is 17.2. The number of unbranched alkanes of at least 4 members (excludes halogenated alkanes) is 5. The fourth-order valence-electron chi connectivity index (χ4n) is 2.84. The van der Waals surface area contributed by atoms with E-state index < -0.39 is 0 Å². The maximum atomic E-state index is 3.39. The summed E-state index contributed by atoms with van der Waals surface area (Å²) in [5.41, 5.74) is 4.61. The number of hydrogen-bond acceptors (Lipinski definition) is 5. The Kier molecular flexibility index (Phi) is 7.77. The zero-order valence-electron chi connectivity index (χ0n) is 14.7. The first-order valence-electron chi connectivity index (χ1n) is 9.10. The first kappa shape index (κ1) is 18.9. The van der Waals surface area contributed by atoms with Crippen LogP contribution in [0.3, 0.4) is 0 Å². The van der Waals surface area contributed by atoms with Gasteiger partial charge in [-0.1, -0.05) is 86.2 Å². The highest BCUT2D eigenvalue weighted by atomic mass is 33.1. The van der Waals surface area contributed by atoms with Crippen molar-refractivity contribution < 1.29 is 0 Å². The van der Waals surface area contributed by atoms with Crippen LogP contribution in [0.4, 0.5) is 5.69 Å². The first-order valence-corrected chi connectivity index (χ1v) is 12.2. The van der Waals surface area contributed by atoms with Gasteiger partial charge in [-0.15, -0.1) is 0 Å². The van der Waals surface area contributed by atoms with E-state index in [1.807, 2.05) is 21.6 Å². The molecular weight excluding hydrogens is 364 g/mol. The molecule has 0 amide bonds. The number of anilines is 1. The topological polar surface area (TPSA) is 15.3 Å². The molecule has 3 rings (SSSR count). The van der Waals surface area contributed by atoms with E-state index in [0.29, 0.717) is 0 Å². The van der Waals surface area contributed by atoms with Gasteiger partial charge >= 0.3 is 0 Å². The molecule has 1 aliphatic heterocycles. The molecule has 25 heavy (non-hydrogen) atoms. The van der Waals surface area contributed by atoms with Crippen molar-refractivity contribution >= 4 is 50.0 Å². The smallest absolute Gasteiger partial charge is 0.0917 e. The molecule has 1 aliphatic rings. The van der Waals surface area contributed by atoms with Crippen molar-refractivity contribution in [1.82, 2.24) is 5.43 Å². The summed E-state index contributed by atoms with van der Waals surface area (Å²) in [6, 6.07) is 15.0. The van der Waals surface area contributed by atoms with Crippen molar-refractivity contribution in [2.24, 2.45) is 0 Å². The molecule has 0 saturated carbocycles. The van der Waals surface area contributed by atoms with Gasteiger partial charge in [0.25, 0.3) is 0 Å². The summed E-state index contributed by atoms with van der Waals surface area (Å²) >= 11 is 1.78. The van der Waals surface area contributed by atoms with Gasteiger partial charge in [0.05, 0.1) is 9.92 Å². The average Bonchev–Trinajstić information content (AvgIpc) is 3.12. The molecule has 134 valence electrons. The van der Waals surface area contributed by atoms with E-state index in [9.17, 15) is 0 Å². The van der Waals surface area contributed by atoms with Crippen molar-refractivity contribution in [3.8, 4) is 0 Å². The van der Waals surface area contributed by atoms with Gasteiger partial charge in [0.1, 0.15) is 0 Å². The highest BCUT2D eigenvalue weighted by Crippen LogP contribution is 2.44. The largest absolute Gasteiger partial charge is 0.293 e. The Morgan fingerprint density at radius 1 is 0.960 bits per heavy atom. The Morgan fingerprint density at radius 3 is 2.68 bits per heavy atom. The zero-order chi connectivity index (χ0) is 17.3. The predicted molar refractivity (Wildman–Crippen MR) is 119 cm³/mol. The fraction of sp³-hybridized carbons (Fsp3) is 0.400. The molecule has 0 aliphatic carbocycles. The molecule has 0 fully saturated rings. The lowest BCUT2D eigenvalue weighted by Gasteiger charge is -2.19. The molecule has 0 saturated heterocycles. The lowest BCUT2D eigenvalue weighted by Crippen LogP contribution is -2.22. The van der Waals surface area contributed by atoms with E-state index in [1.165, 1.54) is 65.0 Å². The van der Waals surface area contributed by atoms with E-state index in [4.69, 9.17) is 0 Å². The number of nitrogens with zero attached hydrogens (tertiary/aromatic N) is 1. The third kappa shape index (κ3) is 5.53. The molecule has 0 unspecified atom stereocenters. The molecule has 0 radical (unpaired) electrons.